The third kappa shape index (κ3) is 5.30. The Labute approximate surface area is 166 Å². The third-order valence-electron chi connectivity index (χ3n) is 4.22. The Morgan fingerprint density at radius 3 is 1.68 bits per heavy atom. The van der Waals surface area contributed by atoms with Crippen molar-refractivity contribution in [2.75, 3.05) is 6.61 Å². The fourth-order valence-electron chi connectivity index (χ4n) is 2.13. The Balaban J connectivity index is 5.62. The van der Waals surface area contributed by atoms with E-state index in [0.29, 0.717) is 0 Å². The van der Waals surface area contributed by atoms with Gasteiger partial charge in [0.15, 0.2) is 6.61 Å². The summed E-state index contributed by atoms with van der Waals surface area (Å²) in [6.45, 7) is -0.780. The van der Waals surface area contributed by atoms with Gasteiger partial charge in [-0.2, -0.15) is 43.9 Å². The van der Waals surface area contributed by atoms with Crippen LogP contribution in [0.2, 0.25) is 0 Å². The number of rotatable bonds is 12. The third-order valence-corrected chi connectivity index (χ3v) is 4.22. The van der Waals surface area contributed by atoms with Crippen LogP contribution in [0.4, 0.5) is 52.7 Å². The SMILES string of the molecule is CCC(CC(C)C(=O)OCC(F)(F)C(F)(F)C(F)(F)C(F)(F)C(F)(F)C(F)F)C(=O)O. The average molecular weight is 488 g/mol. The second-order valence-corrected chi connectivity index (χ2v) is 6.54. The summed E-state index contributed by atoms with van der Waals surface area (Å²) in [6.07, 6.45) is -6.25. The van der Waals surface area contributed by atoms with Gasteiger partial charge in [0.05, 0.1) is 11.8 Å². The molecule has 0 aliphatic rings. The first-order valence-corrected chi connectivity index (χ1v) is 8.18. The van der Waals surface area contributed by atoms with Gasteiger partial charge in [0, 0.05) is 0 Å². The number of hydrogen-bond acceptors (Lipinski definition) is 3. The van der Waals surface area contributed by atoms with Crippen molar-refractivity contribution in [3.05, 3.63) is 0 Å². The molecule has 0 aromatic carbocycles. The lowest BCUT2D eigenvalue weighted by Gasteiger charge is -2.38. The number of alkyl halides is 12. The standard InChI is InChI=1S/C15H16F12O4/c1-3-7(8(28)29)4-6(2)9(30)31-5-11(18,19)13(22,23)15(26,27)14(24,25)12(20,21)10(16)17/h6-7,10H,3-5H2,1-2H3,(H,28,29). The Hall–Kier alpha value is -1.90. The number of carboxylic acid groups (broad SMARTS) is 1. The lowest BCUT2D eigenvalue weighted by Crippen LogP contribution is -2.69. The van der Waals surface area contributed by atoms with Gasteiger partial charge < -0.3 is 9.84 Å². The monoisotopic (exact) mass is 488 g/mol. The molecular formula is C15H16F12O4. The highest BCUT2D eigenvalue weighted by Crippen LogP contribution is 2.58. The van der Waals surface area contributed by atoms with Gasteiger partial charge >= 0.3 is 48.0 Å². The quantitative estimate of drug-likeness (QED) is 0.307. The first-order chi connectivity index (χ1) is 13.6. The van der Waals surface area contributed by atoms with Crippen LogP contribution in [0.1, 0.15) is 26.7 Å². The predicted molar refractivity (Wildman–Crippen MR) is 76.9 cm³/mol. The number of halogens is 12. The van der Waals surface area contributed by atoms with Crippen molar-refractivity contribution >= 4 is 11.9 Å². The predicted octanol–water partition coefficient (Wildman–Crippen LogP) is 5.11. The van der Waals surface area contributed by atoms with E-state index in [4.69, 9.17) is 5.11 Å². The molecule has 0 fully saturated rings. The second-order valence-electron chi connectivity index (χ2n) is 6.54. The number of esters is 1. The number of carbonyl (C=O) groups is 2. The fourth-order valence-corrected chi connectivity index (χ4v) is 2.13. The summed E-state index contributed by atoms with van der Waals surface area (Å²) in [5.74, 6) is -42.3. The van der Waals surface area contributed by atoms with Gasteiger partial charge in [-0.15, -0.1) is 0 Å². The van der Waals surface area contributed by atoms with Crippen LogP contribution in [0.15, 0.2) is 0 Å². The van der Waals surface area contributed by atoms with Crippen LogP contribution in [0.25, 0.3) is 0 Å². The maximum absolute atomic E-state index is 13.5. The zero-order valence-corrected chi connectivity index (χ0v) is 15.6. The maximum atomic E-state index is 13.5. The van der Waals surface area contributed by atoms with Gasteiger partial charge in [0.2, 0.25) is 0 Å². The zero-order valence-electron chi connectivity index (χ0n) is 15.6. The molecule has 0 radical (unpaired) electrons. The molecule has 184 valence electrons. The molecule has 31 heavy (non-hydrogen) atoms. The molecule has 16 heteroatoms. The van der Waals surface area contributed by atoms with Crippen molar-refractivity contribution in [2.24, 2.45) is 11.8 Å². The molecule has 0 saturated carbocycles. The van der Waals surface area contributed by atoms with E-state index in [1.165, 1.54) is 6.92 Å². The molecule has 0 spiro atoms. The minimum absolute atomic E-state index is 0.0686. The van der Waals surface area contributed by atoms with Gasteiger partial charge in [-0.3, -0.25) is 9.59 Å². The maximum Gasteiger partial charge on any atom is 0.384 e. The van der Waals surface area contributed by atoms with Gasteiger partial charge in [0.25, 0.3) is 0 Å². The molecule has 2 atom stereocenters. The number of hydrogen-bond donors (Lipinski definition) is 1. The van der Waals surface area contributed by atoms with Crippen LogP contribution in [0.5, 0.6) is 0 Å². The average Bonchev–Trinajstić information content (AvgIpc) is 2.62. The van der Waals surface area contributed by atoms with Crippen LogP contribution >= 0.6 is 0 Å². The zero-order chi connectivity index (χ0) is 25.2. The molecule has 0 saturated heterocycles. The van der Waals surface area contributed by atoms with Crippen molar-refractivity contribution in [1.82, 2.24) is 0 Å². The van der Waals surface area contributed by atoms with E-state index in [1.54, 1.807) is 0 Å². The van der Waals surface area contributed by atoms with E-state index >= 15 is 0 Å². The summed E-state index contributed by atoms with van der Waals surface area (Å²) >= 11 is 0. The molecule has 4 nitrogen and oxygen atoms in total. The summed E-state index contributed by atoms with van der Waals surface area (Å²) < 4.78 is 160. The molecule has 0 rings (SSSR count). The van der Waals surface area contributed by atoms with E-state index < -0.39 is 72.8 Å². The van der Waals surface area contributed by atoms with E-state index in [1.807, 2.05) is 0 Å². The molecule has 2 unspecified atom stereocenters. The highest BCUT2D eigenvalue weighted by Gasteiger charge is 2.87. The summed E-state index contributed by atoms with van der Waals surface area (Å²) in [4.78, 5) is 22.4. The summed E-state index contributed by atoms with van der Waals surface area (Å²) in [5, 5.41) is 8.80. The van der Waals surface area contributed by atoms with Crippen molar-refractivity contribution in [1.29, 1.82) is 0 Å². The van der Waals surface area contributed by atoms with Gasteiger partial charge in [-0.05, 0) is 12.8 Å². The molecule has 0 aliphatic heterocycles. The number of carbonyl (C=O) groups excluding carboxylic acids is 1. The Bertz CT molecular complexity index is 650. The molecular weight excluding hydrogens is 472 g/mol. The van der Waals surface area contributed by atoms with Crippen LogP contribution in [0, 0.1) is 11.8 Å². The summed E-state index contributed by atoms with van der Waals surface area (Å²) in [6, 6.07) is 0. The van der Waals surface area contributed by atoms with Crippen molar-refractivity contribution < 1.29 is 72.1 Å². The molecule has 1 N–H and O–H groups in total. The van der Waals surface area contributed by atoms with Crippen molar-refractivity contribution in [3.8, 4) is 0 Å². The van der Waals surface area contributed by atoms with Crippen LogP contribution < -0.4 is 0 Å². The van der Waals surface area contributed by atoms with E-state index in [9.17, 15) is 62.3 Å². The summed E-state index contributed by atoms with van der Waals surface area (Å²) in [7, 11) is 0. The highest BCUT2D eigenvalue weighted by molar-refractivity contribution is 5.74. The van der Waals surface area contributed by atoms with Crippen molar-refractivity contribution in [3.63, 3.8) is 0 Å². The van der Waals surface area contributed by atoms with Crippen LogP contribution in [-0.2, 0) is 14.3 Å². The first-order valence-electron chi connectivity index (χ1n) is 8.18. The van der Waals surface area contributed by atoms with Crippen LogP contribution in [-0.4, -0.2) is 59.7 Å². The molecule has 0 aromatic rings. The fraction of sp³-hybridized carbons (Fsp3) is 0.867. The molecule has 0 heterocycles. The minimum Gasteiger partial charge on any atom is -0.481 e. The normalized spacial score (nSPS) is 16.2. The lowest BCUT2D eigenvalue weighted by molar-refractivity contribution is -0.414. The Morgan fingerprint density at radius 1 is 0.871 bits per heavy atom. The van der Waals surface area contributed by atoms with Crippen molar-refractivity contribution in [2.45, 2.75) is 62.7 Å². The topological polar surface area (TPSA) is 63.6 Å². The van der Waals surface area contributed by atoms with Gasteiger partial charge in [0.1, 0.15) is 0 Å². The highest BCUT2D eigenvalue weighted by atomic mass is 19.4. The number of carboxylic acids is 1. The van der Waals surface area contributed by atoms with Gasteiger partial charge in [-0.1, -0.05) is 13.8 Å². The van der Waals surface area contributed by atoms with E-state index in [0.717, 1.165) is 6.92 Å². The molecule has 0 aliphatic carbocycles. The number of aliphatic carboxylic acids is 1. The summed E-state index contributed by atoms with van der Waals surface area (Å²) in [5.41, 5.74) is 0. The first kappa shape index (κ1) is 29.1. The largest absolute Gasteiger partial charge is 0.481 e. The Morgan fingerprint density at radius 2 is 1.32 bits per heavy atom. The van der Waals surface area contributed by atoms with Crippen LogP contribution in [0.3, 0.4) is 0 Å². The second kappa shape index (κ2) is 9.30. The smallest absolute Gasteiger partial charge is 0.384 e. The van der Waals surface area contributed by atoms with Gasteiger partial charge in [-0.25, -0.2) is 8.78 Å². The van der Waals surface area contributed by atoms with E-state index in [2.05, 4.69) is 4.74 Å². The minimum atomic E-state index is -7.71. The van der Waals surface area contributed by atoms with E-state index in [-0.39, 0.29) is 6.42 Å². The number of ether oxygens (including phenoxy) is 1. The molecule has 0 amide bonds. The molecule has 0 bridgehead atoms. The Kier molecular flexibility index (Phi) is 8.73. The molecule has 0 aromatic heterocycles. The lowest BCUT2D eigenvalue weighted by atomic mass is 9.93.